The summed E-state index contributed by atoms with van der Waals surface area (Å²) in [6.07, 6.45) is 1.00. The van der Waals surface area contributed by atoms with Gasteiger partial charge in [-0.3, -0.25) is 4.79 Å². The predicted octanol–water partition coefficient (Wildman–Crippen LogP) is 0.471. The molecule has 2 aliphatic heterocycles. The zero-order valence-electron chi connectivity index (χ0n) is 14.1. The summed E-state index contributed by atoms with van der Waals surface area (Å²) in [5, 5.41) is 0. The van der Waals surface area contributed by atoms with Crippen molar-refractivity contribution in [2.75, 3.05) is 39.6 Å². The maximum Gasteiger partial charge on any atom is 0.254 e. The van der Waals surface area contributed by atoms with Gasteiger partial charge in [-0.25, -0.2) is 17.5 Å². The third kappa shape index (κ3) is 3.94. The van der Waals surface area contributed by atoms with E-state index in [9.17, 15) is 17.6 Å². The summed E-state index contributed by atoms with van der Waals surface area (Å²) in [4.78, 5) is 14.2. The van der Waals surface area contributed by atoms with E-state index in [-0.39, 0.29) is 35.2 Å². The van der Waals surface area contributed by atoms with Gasteiger partial charge in [0, 0.05) is 37.0 Å². The lowest BCUT2D eigenvalue weighted by atomic mass is 9.93. The van der Waals surface area contributed by atoms with Crippen LogP contribution in [0.1, 0.15) is 10.4 Å². The van der Waals surface area contributed by atoms with Crippen LogP contribution in [0.4, 0.5) is 4.39 Å². The van der Waals surface area contributed by atoms with Crippen molar-refractivity contribution >= 4 is 15.9 Å². The summed E-state index contributed by atoms with van der Waals surface area (Å²) in [5.74, 6) is -0.676. The molecule has 138 valence electrons. The fourth-order valence-electron chi connectivity index (χ4n) is 3.42. The number of hydrogen-bond acceptors (Lipinski definition) is 5. The molecule has 0 aliphatic carbocycles. The molecule has 2 heterocycles. The van der Waals surface area contributed by atoms with Crippen molar-refractivity contribution < 1.29 is 27.1 Å². The Morgan fingerprint density at radius 2 is 2.20 bits per heavy atom. The highest BCUT2D eigenvalue weighted by Crippen LogP contribution is 2.34. The van der Waals surface area contributed by atoms with Gasteiger partial charge in [0.1, 0.15) is 0 Å². The Hall–Kier alpha value is -1.71. The second-order valence-electron chi connectivity index (χ2n) is 6.48. The summed E-state index contributed by atoms with van der Waals surface area (Å²) < 4.78 is 49.4. The van der Waals surface area contributed by atoms with E-state index in [0.29, 0.717) is 26.2 Å². The molecule has 1 N–H and O–H groups in total. The Bertz CT molecular complexity index is 770. The zero-order valence-corrected chi connectivity index (χ0v) is 14.9. The van der Waals surface area contributed by atoms with Crippen LogP contribution in [0.25, 0.3) is 0 Å². The lowest BCUT2D eigenvalue weighted by molar-refractivity contribution is 0.0678. The number of hydrogen-bond donors (Lipinski definition) is 1. The fraction of sp³-hybridized carbons (Fsp3) is 0.562. The Balaban J connectivity index is 1.66. The Kier molecular flexibility index (Phi) is 4.99. The highest BCUT2D eigenvalue weighted by molar-refractivity contribution is 7.88. The molecule has 0 saturated carbocycles. The quantitative estimate of drug-likeness (QED) is 0.812. The smallest absolute Gasteiger partial charge is 0.254 e. The summed E-state index contributed by atoms with van der Waals surface area (Å²) in [6.45, 7) is 1.65. The highest BCUT2D eigenvalue weighted by Gasteiger charge is 2.45. The van der Waals surface area contributed by atoms with Gasteiger partial charge in [0.2, 0.25) is 10.0 Å². The monoisotopic (exact) mass is 372 g/mol. The summed E-state index contributed by atoms with van der Waals surface area (Å²) >= 11 is 0. The molecule has 1 amide bonds. The van der Waals surface area contributed by atoms with Crippen LogP contribution in [0, 0.1) is 17.7 Å². The first-order chi connectivity index (χ1) is 11.8. The standard InChI is InChI=1S/C16H21FN2O5S/c1-23-14-4-3-10(5-13(14)17)16(20)19-7-12-11(6-18-25(2,21)22)9-24-15(12)8-19/h3-5,11-12,15,18H,6-9H2,1-2H3/t11-,12-,15-/m1/s1. The third-order valence-electron chi connectivity index (χ3n) is 4.73. The average Bonchev–Trinajstić information content (AvgIpc) is 3.12. The van der Waals surface area contributed by atoms with E-state index in [0.717, 1.165) is 6.26 Å². The topological polar surface area (TPSA) is 84.9 Å². The van der Waals surface area contributed by atoms with Crippen LogP contribution in [-0.2, 0) is 14.8 Å². The van der Waals surface area contributed by atoms with Crippen molar-refractivity contribution in [1.29, 1.82) is 0 Å². The van der Waals surface area contributed by atoms with E-state index in [1.165, 1.54) is 25.3 Å². The Labute approximate surface area is 146 Å². The second-order valence-corrected chi connectivity index (χ2v) is 8.31. The molecule has 3 atom stereocenters. The van der Waals surface area contributed by atoms with E-state index in [1.54, 1.807) is 4.90 Å². The van der Waals surface area contributed by atoms with E-state index < -0.39 is 15.8 Å². The van der Waals surface area contributed by atoms with Crippen LogP contribution >= 0.6 is 0 Å². The van der Waals surface area contributed by atoms with Crippen molar-refractivity contribution in [3.63, 3.8) is 0 Å². The average molecular weight is 372 g/mol. The number of sulfonamides is 1. The van der Waals surface area contributed by atoms with E-state index in [1.807, 2.05) is 0 Å². The number of halogens is 1. The normalized spacial score (nSPS) is 25.9. The molecule has 2 aliphatic rings. The minimum atomic E-state index is -3.26. The molecule has 1 aromatic carbocycles. The number of carbonyl (C=O) groups is 1. The van der Waals surface area contributed by atoms with Gasteiger partial charge in [-0.2, -0.15) is 0 Å². The predicted molar refractivity (Wildman–Crippen MR) is 88.4 cm³/mol. The Morgan fingerprint density at radius 1 is 1.44 bits per heavy atom. The maximum absolute atomic E-state index is 13.8. The number of carbonyl (C=O) groups excluding carboxylic acids is 1. The Morgan fingerprint density at radius 3 is 2.84 bits per heavy atom. The summed E-state index contributed by atoms with van der Waals surface area (Å²) in [5.41, 5.74) is 0.254. The minimum Gasteiger partial charge on any atom is -0.494 e. The molecular weight excluding hydrogens is 351 g/mol. The molecule has 2 saturated heterocycles. The van der Waals surface area contributed by atoms with E-state index in [4.69, 9.17) is 9.47 Å². The first-order valence-electron chi connectivity index (χ1n) is 7.97. The molecule has 2 fully saturated rings. The molecule has 25 heavy (non-hydrogen) atoms. The maximum atomic E-state index is 13.8. The van der Waals surface area contributed by atoms with Gasteiger partial charge in [0.25, 0.3) is 5.91 Å². The number of amides is 1. The first-order valence-corrected chi connectivity index (χ1v) is 9.86. The molecule has 0 unspecified atom stereocenters. The number of likely N-dealkylation sites (tertiary alicyclic amines) is 1. The third-order valence-corrected chi connectivity index (χ3v) is 5.42. The van der Waals surface area contributed by atoms with Crippen molar-refractivity contribution in [1.82, 2.24) is 9.62 Å². The van der Waals surface area contributed by atoms with Gasteiger partial charge in [-0.05, 0) is 18.2 Å². The van der Waals surface area contributed by atoms with Crippen molar-refractivity contribution in [2.45, 2.75) is 6.10 Å². The highest BCUT2D eigenvalue weighted by atomic mass is 32.2. The molecule has 0 radical (unpaired) electrons. The fourth-order valence-corrected chi connectivity index (χ4v) is 3.93. The lowest BCUT2D eigenvalue weighted by Gasteiger charge is -2.20. The minimum absolute atomic E-state index is 0.0186. The van der Waals surface area contributed by atoms with Crippen LogP contribution in [-0.4, -0.2) is 64.9 Å². The van der Waals surface area contributed by atoms with Crippen LogP contribution < -0.4 is 9.46 Å². The van der Waals surface area contributed by atoms with E-state index in [2.05, 4.69) is 4.72 Å². The van der Waals surface area contributed by atoms with Crippen LogP contribution in [0.5, 0.6) is 5.75 Å². The molecule has 1 aromatic rings. The molecule has 0 aromatic heterocycles. The van der Waals surface area contributed by atoms with Crippen molar-refractivity contribution in [3.8, 4) is 5.75 Å². The number of methoxy groups -OCH3 is 1. The number of benzene rings is 1. The van der Waals surface area contributed by atoms with Crippen LogP contribution in [0.3, 0.4) is 0 Å². The molecule has 9 heteroatoms. The first kappa shape index (κ1) is 18.1. The van der Waals surface area contributed by atoms with Crippen molar-refractivity contribution in [2.24, 2.45) is 11.8 Å². The number of ether oxygens (including phenoxy) is 2. The largest absolute Gasteiger partial charge is 0.494 e. The summed E-state index contributed by atoms with van der Waals surface area (Å²) in [6, 6.07) is 4.12. The van der Waals surface area contributed by atoms with Gasteiger partial charge >= 0.3 is 0 Å². The number of nitrogens with zero attached hydrogens (tertiary/aromatic N) is 1. The molecule has 0 spiro atoms. The SMILES string of the molecule is COc1ccc(C(=O)N2C[C@@H]3[C@H](CNS(C)(=O)=O)CO[C@@H]3C2)cc1F. The molecule has 0 bridgehead atoms. The molecular formula is C16H21FN2O5S. The van der Waals surface area contributed by atoms with Gasteiger partial charge in [-0.15, -0.1) is 0 Å². The second kappa shape index (κ2) is 6.89. The van der Waals surface area contributed by atoms with Crippen LogP contribution in [0.15, 0.2) is 18.2 Å². The van der Waals surface area contributed by atoms with Gasteiger partial charge < -0.3 is 14.4 Å². The summed E-state index contributed by atoms with van der Waals surface area (Å²) in [7, 11) is -1.90. The van der Waals surface area contributed by atoms with Gasteiger partial charge in [-0.1, -0.05) is 0 Å². The van der Waals surface area contributed by atoms with Gasteiger partial charge in [0.05, 0.1) is 26.1 Å². The van der Waals surface area contributed by atoms with Gasteiger partial charge in [0.15, 0.2) is 11.6 Å². The van der Waals surface area contributed by atoms with Crippen LogP contribution in [0.2, 0.25) is 0 Å². The number of fused-ring (bicyclic) bond motifs is 1. The molecule has 3 rings (SSSR count). The number of rotatable bonds is 5. The number of nitrogens with one attached hydrogen (secondary N) is 1. The lowest BCUT2D eigenvalue weighted by Crippen LogP contribution is -2.35. The van der Waals surface area contributed by atoms with Crippen molar-refractivity contribution in [3.05, 3.63) is 29.6 Å². The molecule has 7 nitrogen and oxygen atoms in total. The zero-order chi connectivity index (χ0) is 18.2. The van der Waals surface area contributed by atoms with E-state index >= 15 is 0 Å².